The third-order valence-corrected chi connectivity index (χ3v) is 2.93. The van der Waals surface area contributed by atoms with Crippen LogP contribution in [0, 0.1) is 5.53 Å². The largest absolute Gasteiger partial charge is 0.476 e. The van der Waals surface area contributed by atoms with Crippen molar-refractivity contribution in [2.75, 3.05) is 26.2 Å². The van der Waals surface area contributed by atoms with Gasteiger partial charge < -0.3 is 10.5 Å². The molecule has 0 saturated carbocycles. The molecule has 7 nitrogen and oxygen atoms in total. The molecule has 1 aliphatic rings. The SMILES string of the molecule is N=NC(N)=Nc1ccnc(OCCN2CCCC2)c1.[HH]. The lowest BCUT2D eigenvalue weighted by Crippen LogP contribution is -2.25. The number of nitrogens with zero attached hydrogens (tertiary/aromatic N) is 4. The molecule has 0 amide bonds. The first-order valence-electron chi connectivity index (χ1n) is 6.31. The van der Waals surface area contributed by atoms with Crippen LogP contribution in [0.2, 0.25) is 0 Å². The van der Waals surface area contributed by atoms with Crippen molar-refractivity contribution >= 4 is 11.6 Å². The second-order valence-corrected chi connectivity index (χ2v) is 4.33. The van der Waals surface area contributed by atoms with Gasteiger partial charge in [-0.3, -0.25) is 4.90 Å². The average molecular weight is 264 g/mol. The molecule has 0 aromatic carbocycles. The van der Waals surface area contributed by atoms with E-state index in [0.717, 1.165) is 19.6 Å². The number of rotatable bonds is 5. The van der Waals surface area contributed by atoms with Gasteiger partial charge in [0.15, 0.2) is 0 Å². The highest BCUT2D eigenvalue weighted by Crippen LogP contribution is 2.17. The molecule has 0 radical (unpaired) electrons. The summed E-state index contributed by atoms with van der Waals surface area (Å²) < 4.78 is 5.58. The first-order chi connectivity index (χ1) is 9.28. The molecular weight excluding hydrogens is 244 g/mol. The molecule has 0 aliphatic carbocycles. The zero-order valence-electron chi connectivity index (χ0n) is 10.7. The summed E-state index contributed by atoms with van der Waals surface area (Å²) in [5.41, 5.74) is 12.7. The van der Waals surface area contributed by atoms with Crippen LogP contribution in [0.3, 0.4) is 0 Å². The Hall–Kier alpha value is -2.02. The maximum atomic E-state index is 6.73. The van der Waals surface area contributed by atoms with Crippen LogP contribution >= 0.6 is 0 Å². The fraction of sp³-hybridized carbons (Fsp3) is 0.500. The predicted molar refractivity (Wildman–Crippen MR) is 74.0 cm³/mol. The van der Waals surface area contributed by atoms with E-state index in [-0.39, 0.29) is 7.39 Å². The van der Waals surface area contributed by atoms with Crippen LogP contribution in [0.25, 0.3) is 0 Å². The van der Waals surface area contributed by atoms with Gasteiger partial charge in [-0.05, 0) is 32.0 Å². The summed E-state index contributed by atoms with van der Waals surface area (Å²) in [6, 6.07) is 3.37. The molecule has 1 fully saturated rings. The van der Waals surface area contributed by atoms with Crippen molar-refractivity contribution in [2.24, 2.45) is 15.8 Å². The van der Waals surface area contributed by atoms with Crippen LogP contribution in [0.4, 0.5) is 5.69 Å². The molecule has 2 rings (SSSR count). The fourth-order valence-electron chi connectivity index (χ4n) is 1.99. The van der Waals surface area contributed by atoms with Crippen molar-refractivity contribution in [2.45, 2.75) is 12.8 Å². The first kappa shape index (κ1) is 13.4. The van der Waals surface area contributed by atoms with Gasteiger partial charge in [-0.2, -0.15) is 0 Å². The summed E-state index contributed by atoms with van der Waals surface area (Å²) in [6.45, 7) is 3.84. The number of ether oxygens (including phenoxy) is 1. The Bertz CT molecular complexity index is 461. The monoisotopic (exact) mass is 264 g/mol. The van der Waals surface area contributed by atoms with E-state index in [1.54, 1.807) is 18.3 Å². The number of hydrogen-bond acceptors (Lipinski definition) is 5. The third-order valence-electron chi connectivity index (χ3n) is 2.93. The number of nitrogens with two attached hydrogens (primary N) is 1. The van der Waals surface area contributed by atoms with Gasteiger partial charge in [0, 0.05) is 20.2 Å². The van der Waals surface area contributed by atoms with Gasteiger partial charge in [0.05, 0.1) is 5.69 Å². The van der Waals surface area contributed by atoms with Gasteiger partial charge in [-0.15, -0.1) is 5.11 Å². The van der Waals surface area contributed by atoms with Crippen molar-refractivity contribution in [3.63, 3.8) is 0 Å². The number of pyridine rings is 1. The Balaban J connectivity index is 0.00000200. The molecule has 0 unspecified atom stereocenters. The zero-order valence-corrected chi connectivity index (χ0v) is 10.7. The van der Waals surface area contributed by atoms with Gasteiger partial charge >= 0.3 is 0 Å². The summed E-state index contributed by atoms with van der Waals surface area (Å²) in [4.78, 5) is 10.4. The van der Waals surface area contributed by atoms with Crippen molar-refractivity contribution < 1.29 is 6.16 Å². The second-order valence-electron chi connectivity index (χ2n) is 4.33. The van der Waals surface area contributed by atoms with Crippen molar-refractivity contribution in [1.82, 2.24) is 9.88 Å². The minimum absolute atomic E-state index is 0. The van der Waals surface area contributed by atoms with E-state index in [0.29, 0.717) is 18.2 Å². The molecule has 1 aromatic rings. The maximum Gasteiger partial charge on any atom is 0.239 e. The number of likely N-dealkylation sites (tertiary alicyclic amines) is 1. The summed E-state index contributed by atoms with van der Waals surface area (Å²) in [6.07, 6.45) is 4.15. The molecular formula is C12H20N6O. The van der Waals surface area contributed by atoms with E-state index in [4.69, 9.17) is 16.0 Å². The number of aliphatic imine (C=N–C) groups is 1. The van der Waals surface area contributed by atoms with E-state index in [1.807, 2.05) is 0 Å². The second kappa shape index (κ2) is 6.79. The quantitative estimate of drug-likeness (QED) is 0.481. The highest BCUT2D eigenvalue weighted by atomic mass is 16.5. The van der Waals surface area contributed by atoms with Crippen molar-refractivity contribution in [3.8, 4) is 5.88 Å². The molecule has 7 heteroatoms. The maximum absolute atomic E-state index is 6.73. The smallest absolute Gasteiger partial charge is 0.239 e. The fourth-order valence-corrected chi connectivity index (χ4v) is 1.99. The van der Waals surface area contributed by atoms with E-state index in [9.17, 15) is 0 Å². The van der Waals surface area contributed by atoms with Crippen LogP contribution in [0.1, 0.15) is 14.3 Å². The van der Waals surface area contributed by atoms with Gasteiger partial charge in [0.1, 0.15) is 6.61 Å². The first-order valence-corrected chi connectivity index (χ1v) is 6.31. The predicted octanol–water partition coefficient (Wildman–Crippen LogP) is 1.78. The molecule has 1 aliphatic heterocycles. The molecule has 3 N–H and O–H groups in total. The van der Waals surface area contributed by atoms with E-state index >= 15 is 0 Å². The summed E-state index contributed by atoms with van der Waals surface area (Å²) in [7, 11) is 0. The molecule has 0 bridgehead atoms. The minimum Gasteiger partial charge on any atom is -0.476 e. The summed E-state index contributed by atoms with van der Waals surface area (Å²) in [5, 5.41) is 3.04. The lowest BCUT2D eigenvalue weighted by molar-refractivity contribution is 0.232. The Kier molecular flexibility index (Phi) is 4.79. The molecule has 104 valence electrons. The number of nitrogens with one attached hydrogen (secondary N) is 1. The van der Waals surface area contributed by atoms with E-state index in [2.05, 4.69) is 20.0 Å². The van der Waals surface area contributed by atoms with Gasteiger partial charge in [-0.1, -0.05) is 0 Å². The lowest BCUT2D eigenvalue weighted by atomic mass is 10.4. The molecule has 0 spiro atoms. The van der Waals surface area contributed by atoms with Crippen LogP contribution in [0.15, 0.2) is 28.4 Å². The average Bonchev–Trinajstić information content (AvgIpc) is 2.92. The Labute approximate surface area is 113 Å². The highest BCUT2D eigenvalue weighted by molar-refractivity contribution is 5.80. The molecule has 1 saturated heterocycles. The standard InChI is InChI=1S/C12H18N6O.H2/c13-12(17-14)16-10-3-4-15-11(9-10)19-8-7-18-5-1-2-6-18;/h3-4,9,14H,1-2,5-8H2,(H2,13,15,16);1H. The zero-order chi connectivity index (χ0) is 13.5. The van der Waals surface area contributed by atoms with Crippen molar-refractivity contribution in [1.29, 1.82) is 5.53 Å². The van der Waals surface area contributed by atoms with E-state index < -0.39 is 0 Å². The minimum atomic E-state index is -0.0887. The van der Waals surface area contributed by atoms with Gasteiger partial charge in [0.25, 0.3) is 0 Å². The highest BCUT2D eigenvalue weighted by Gasteiger charge is 2.10. The molecule has 0 atom stereocenters. The summed E-state index contributed by atoms with van der Waals surface area (Å²) >= 11 is 0. The van der Waals surface area contributed by atoms with E-state index in [1.165, 1.54) is 12.8 Å². The molecule has 19 heavy (non-hydrogen) atoms. The number of aromatic nitrogens is 1. The van der Waals surface area contributed by atoms with Crippen LogP contribution in [0.5, 0.6) is 5.88 Å². The lowest BCUT2D eigenvalue weighted by Gasteiger charge is -2.14. The van der Waals surface area contributed by atoms with Crippen molar-refractivity contribution in [3.05, 3.63) is 18.3 Å². The normalized spacial score (nSPS) is 16.5. The molecule has 1 aromatic heterocycles. The summed E-state index contributed by atoms with van der Waals surface area (Å²) in [5.74, 6) is 0.424. The van der Waals surface area contributed by atoms with Crippen LogP contribution < -0.4 is 10.5 Å². The number of guanidine groups is 1. The molecule has 2 heterocycles. The van der Waals surface area contributed by atoms with Crippen LogP contribution in [-0.2, 0) is 0 Å². The third kappa shape index (κ3) is 4.29. The van der Waals surface area contributed by atoms with Gasteiger partial charge in [0.2, 0.25) is 11.8 Å². The Morgan fingerprint density at radius 3 is 3.05 bits per heavy atom. The van der Waals surface area contributed by atoms with Gasteiger partial charge in [-0.25, -0.2) is 15.5 Å². The van der Waals surface area contributed by atoms with Crippen LogP contribution in [-0.4, -0.2) is 42.1 Å². The Morgan fingerprint density at radius 2 is 2.32 bits per heavy atom. The number of hydrogen-bond donors (Lipinski definition) is 2. The Morgan fingerprint density at radius 1 is 1.53 bits per heavy atom. The topological polar surface area (TPSA) is 100.0 Å².